The molecule has 0 saturated carbocycles. The van der Waals surface area contributed by atoms with Crippen LogP contribution in [0, 0.1) is 0 Å². The van der Waals surface area contributed by atoms with E-state index in [4.69, 9.17) is 5.73 Å². The number of carbonyl (C=O) groups excluding carboxylic acids is 1. The van der Waals surface area contributed by atoms with Gasteiger partial charge in [0, 0.05) is 25.4 Å². The van der Waals surface area contributed by atoms with E-state index in [9.17, 15) is 4.79 Å². The van der Waals surface area contributed by atoms with Crippen molar-refractivity contribution in [1.29, 1.82) is 0 Å². The first-order valence-corrected chi connectivity index (χ1v) is 4.08. The predicted octanol–water partition coefficient (Wildman–Crippen LogP) is -0.865. The lowest BCUT2D eigenvalue weighted by Gasteiger charge is -2.09. The first-order chi connectivity index (χ1) is 6.24. The van der Waals surface area contributed by atoms with Crippen molar-refractivity contribution >= 4 is 5.91 Å². The fraction of sp³-hybridized carbons (Fsp3) is 0.375. The molecule has 5 N–H and O–H groups in total. The van der Waals surface area contributed by atoms with Crippen molar-refractivity contribution in [3.63, 3.8) is 0 Å². The Kier molecular flexibility index (Phi) is 3.48. The largest absolute Gasteiger partial charge is 0.365 e. The van der Waals surface area contributed by atoms with E-state index in [1.165, 1.54) is 0 Å². The third-order valence-corrected chi connectivity index (χ3v) is 1.69. The van der Waals surface area contributed by atoms with Gasteiger partial charge in [0.1, 0.15) is 0 Å². The summed E-state index contributed by atoms with van der Waals surface area (Å²) >= 11 is 0. The highest BCUT2D eigenvalue weighted by molar-refractivity contribution is 5.81. The highest BCUT2D eigenvalue weighted by Crippen LogP contribution is 1.97. The fourth-order valence-electron chi connectivity index (χ4n) is 1.04. The molecule has 0 spiro atoms. The van der Waals surface area contributed by atoms with E-state index in [1.54, 1.807) is 13.2 Å². The fourth-order valence-corrected chi connectivity index (χ4v) is 1.04. The molecule has 0 aliphatic heterocycles. The number of aromatic nitrogens is 1. The lowest BCUT2D eigenvalue weighted by atomic mass is 10.1. The third-order valence-electron chi connectivity index (χ3n) is 1.69. The summed E-state index contributed by atoms with van der Waals surface area (Å²) in [5.41, 5.74) is 11.5. The van der Waals surface area contributed by atoms with Crippen LogP contribution in [0.25, 0.3) is 0 Å². The Balaban J connectivity index is 2.41. The van der Waals surface area contributed by atoms with Crippen LogP contribution in [0.15, 0.2) is 18.3 Å². The average molecular weight is 182 g/mol. The van der Waals surface area contributed by atoms with Gasteiger partial charge in [0.2, 0.25) is 0 Å². The maximum absolute atomic E-state index is 11.2. The zero-order chi connectivity index (χ0) is 9.68. The summed E-state index contributed by atoms with van der Waals surface area (Å²) < 4.78 is 0. The van der Waals surface area contributed by atoms with Gasteiger partial charge in [-0.05, 0) is 12.1 Å². The summed E-state index contributed by atoms with van der Waals surface area (Å²) in [5, 5.41) is 0. The molecular weight excluding hydrogens is 168 g/mol. The molecule has 1 amide bonds. The van der Waals surface area contributed by atoms with Crippen molar-refractivity contribution in [2.75, 3.05) is 7.05 Å². The van der Waals surface area contributed by atoms with Gasteiger partial charge in [0.05, 0.1) is 6.04 Å². The smallest absolute Gasteiger partial charge is 0.251 e. The Labute approximate surface area is 76.7 Å². The number of hydrazine groups is 1. The molecule has 1 atom stereocenters. The molecule has 1 unspecified atom stereocenters. The molecule has 5 nitrogen and oxygen atoms in total. The van der Waals surface area contributed by atoms with Gasteiger partial charge in [0.25, 0.3) is 5.91 Å². The van der Waals surface area contributed by atoms with Gasteiger partial charge < -0.3 is 10.7 Å². The summed E-state index contributed by atoms with van der Waals surface area (Å²) in [6, 6.07) is 3.25. The van der Waals surface area contributed by atoms with Crippen LogP contribution in [0.4, 0.5) is 0 Å². The molecule has 0 aliphatic rings. The minimum absolute atomic E-state index is 0.211. The van der Waals surface area contributed by atoms with Crippen molar-refractivity contribution < 1.29 is 4.79 Å². The standard InChI is InChI=1S/C8H14N4O/c1-10-12-8(13)7(9)5-6-3-2-4-11-6/h2-4,7,10-11H,5,9H2,1H3,(H,12,13). The average Bonchev–Trinajstić information content (AvgIpc) is 2.57. The van der Waals surface area contributed by atoms with Crippen molar-refractivity contribution in [3.8, 4) is 0 Å². The van der Waals surface area contributed by atoms with Crippen LogP contribution in [-0.2, 0) is 11.2 Å². The van der Waals surface area contributed by atoms with Gasteiger partial charge >= 0.3 is 0 Å². The second kappa shape index (κ2) is 4.64. The van der Waals surface area contributed by atoms with Gasteiger partial charge in [-0.15, -0.1) is 0 Å². The summed E-state index contributed by atoms with van der Waals surface area (Å²) in [4.78, 5) is 14.1. The monoisotopic (exact) mass is 182 g/mol. The van der Waals surface area contributed by atoms with Gasteiger partial charge in [-0.3, -0.25) is 10.2 Å². The second-order valence-corrected chi connectivity index (χ2v) is 2.75. The van der Waals surface area contributed by atoms with E-state index in [1.807, 2.05) is 12.1 Å². The van der Waals surface area contributed by atoms with Crippen LogP contribution in [0.3, 0.4) is 0 Å². The van der Waals surface area contributed by atoms with Crippen molar-refractivity contribution in [2.24, 2.45) is 5.73 Å². The normalized spacial score (nSPS) is 12.5. The Morgan fingerprint density at radius 3 is 3.08 bits per heavy atom. The van der Waals surface area contributed by atoms with E-state index >= 15 is 0 Å². The zero-order valence-corrected chi connectivity index (χ0v) is 7.50. The van der Waals surface area contributed by atoms with E-state index in [0.29, 0.717) is 6.42 Å². The van der Waals surface area contributed by atoms with Crippen LogP contribution in [0.1, 0.15) is 5.69 Å². The Bertz CT molecular complexity index is 257. The molecule has 0 aromatic carbocycles. The molecule has 0 saturated heterocycles. The van der Waals surface area contributed by atoms with Crippen LogP contribution in [0.5, 0.6) is 0 Å². The molecule has 0 fully saturated rings. The predicted molar refractivity (Wildman–Crippen MR) is 49.7 cm³/mol. The minimum Gasteiger partial charge on any atom is -0.365 e. The van der Waals surface area contributed by atoms with Crippen molar-refractivity contribution in [2.45, 2.75) is 12.5 Å². The second-order valence-electron chi connectivity index (χ2n) is 2.75. The van der Waals surface area contributed by atoms with Crippen LogP contribution in [0.2, 0.25) is 0 Å². The highest BCUT2D eigenvalue weighted by Gasteiger charge is 2.12. The third kappa shape index (κ3) is 2.89. The van der Waals surface area contributed by atoms with Crippen LogP contribution in [-0.4, -0.2) is 24.0 Å². The van der Waals surface area contributed by atoms with E-state index in [-0.39, 0.29) is 5.91 Å². The Hall–Kier alpha value is -1.33. The summed E-state index contributed by atoms with van der Waals surface area (Å²) in [6.07, 6.45) is 2.32. The van der Waals surface area contributed by atoms with Gasteiger partial charge in [-0.25, -0.2) is 5.43 Å². The number of aromatic amines is 1. The van der Waals surface area contributed by atoms with E-state index < -0.39 is 6.04 Å². The summed E-state index contributed by atoms with van der Waals surface area (Å²) in [7, 11) is 1.62. The SMILES string of the molecule is CNNC(=O)C(N)Cc1ccc[nH]1. The van der Waals surface area contributed by atoms with Gasteiger partial charge in [-0.2, -0.15) is 0 Å². The molecule has 5 heteroatoms. The summed E-state index contributed by atoms with van der Waals surface area (Å²) in [5.74, 6) is -0.211. The number of nitrogens with one attached hydrogen (secondary N) is 3. The topological polar surface area (TPSA) is 82.9 Å². The lowest BCUT2D eigenvalue weighted by molar-refractivity contribution is -0.123. The number of hydrogen-bond donors (Lipinski definition) is 4. The number of amides is 1. The molecule has 1 heterocycles. The molecule has 1 rings (SSSR count). The molecular formula is C8H14N4O. The first-order valence-electron chi connectivity index (χ1n) is 4.08. The first kappa shape index (κ1) is 9.76. The maximum atomic E-state index is 11.2. The number of rotatable bonds is 4. The molecule has 1 aromatic rings. The Morgan fingerprint density at radius 1 is 1.77 bits per heavy atom. The number of nitrogens with two attached hydrogens (primary N) is 1. The molecule has 1 aromatic heterocycles. The lowest BCUT2D eigenvalue weighted by Crippen LogP contribution is -2.46. The van der Waals surface area contributed by atoms with Gasteiger partial charge in [-0.1, -0.05) is 0 Å². The highest BCUT2D eigenvalue weighted by atomic mass is 16.2. The van der Waals surface area contributed by atoms with E-state index in [0.717, 1.165) is 5.69 Å². The number of hydrogen-bond acceptors (Lipinski definition) is 3. The number of H-pyrrole nitrogens is 1. The van der Waals surface area contributed by atoms with Gasteiger partial charge in [0.15, 0.2) is 0 Å². The van der Waals surface area contributed by atoms with Crippen LogP contribution >= 0.6 is 0 Å². The minimum atomic E-state index is -0.522. The molecule has 0 aliphatic carbocycles. The van der Waals surface area contributed by atoms with E-state index in [2.05, 4.69) is 15.8 Å². The molecule has 0 radical (unpaired) electrons. The quantitative estimate of drug-likeness (QED) is 0.457. The zero-order valence-electron chi connectivity index (χ0n) is 7.50. The van der Waals surface area contributed by atoms with Crippen LogP contribution < -0.4 is 16.6 Å². The molecule has 72 valence electrons. The maximum Gasteiger partial charge on any atom is 0.251 e. The van der Waals surface area contributed by atoms with Crippen molar-refractivity contribution in [1.82, 2.24) is 15.8 Å². The number of carbonyl (C=O) groups is 1. The van der Waals surface area contributed by atoms with Crippen molar-refractivity contribution in [3.05, 3.63) is 24.0 Å². The Morgan fingerprint density at radius 2 is 2.54 bits per heavy atom. The molecule has 13 heavy (non-hydrogen) atoms. The summed E-state index contributed by atoms with van der Waals surface area (Å²) in [6.45, 7) is 0. The molecule has 0 bridgehead atoms.